The number of carbonyl (C=O) groups is 2. The number of aryl methyl sites for hydroxylation is 1. The second-order valence-corrected chi connectivity index (χ2v) is 7.32. The van der Waals surface area contributed by atoms with Gasteiger partial charge in [0.1, 0.15) is 11.8 Å². The van der Waals surface area contributed by atoms with Gasteiger partial charge in [0.15, 0.2) is 6.61 Å². The standard InChI is InChI=1S/C25H34N2O3/c1-4-17-26-25(29)23(6-3)27(18-16-21-10-8-7-9-11-21)24(28)19-30-22-14-12-20(5-2)13-15-22/h7-15,23H,4-6,16-19H2,1-3H3,(H,26,29)/t23-/m0/s1. The van der Waals surface area contributed by atoms with Gasteiger partial charge in [-0.25, -0.2) is 0 Å². The first-order valence-corrected chi connectivity index (χ1v) is 10.9. The van der Waals surface area contributed by atoms with Crippen molar-refractivity contribution < 1.29 is 14.3 Å². The maximum Gasteiger partial charge on any atom is 0.261 e. The van der Waals surface area contributed by atoms with Crippen molar-refractivity contribution in [1.82, 2.24) is 10.2 Å². The summed E-state index contributed by atoms with van der Waals surface area (Å²) >= 11 is 0. The molecule has 2 amide bonds. The summed E-state index contributed by atoms with van der Waals surface area (Å²) in [6.07, 6.45) is 3.06. The number of ether oxygens (including phenoxy) is 1. The molecule has 2 rings (SSSR count). The summed E-state index contributed by atoms with van der Waals surface area (Å²) in [7, 11) is 0. The smallest absolute Gasteiger partial charge is 0.261 e. The van der Waals surface area contributed by atoms with Crippen LogP contribution >= 0.6 is 0 Å². The molecule has 5 heteroatoms. The maximum absolute atomic E-state index is 13.1. The lowest BCUT2D eigenvalue weighted by molar-refractivity contribution is -0.142. The molecule has 0 aliphatic carbocycles. The van der Waals surface area contributed by atoms with Gasteiger partial charge in [0, 0.05) is 13.1 Å². The van der Waals surface area contributed by atoms with Crippen LogP contribution < -0.4 is 10.1 Å². The highest BCUT2D eigenvalue weighted by Crippen LogP contribution is 2.14. The lowest BCUT2D eigenvalue weighted by Gasteiger charge is -2.30. The van der Waals surface area contributed by atoms with Crippen LogP contribution in [0, 0.1) is 0 Å². The van der Waals surface area contributed by atoms with Gasteiger partial charge in [0.2, 0.25) is 5.91 Å². The lowest BCUT2D eigenvalue weighted by Crippen LogP contribution is -2.51. The third kappa shape index (κ3) is 7.21. The molecule has 2 aromatic carbocycles. The van der Waals surface area contributed by atoms with Gasteiger partial charge >= 0.3 is 0 Å². The van der Waals surface area contributed by atoms with Crippen molar-refractivity contribution in [2.24, 2.45) is 0 Å². The number of hydrogen-bond donors (Lipinski definition) is 1. The van der Waals surface area contributed by atoms with Gasteiger partial charge in [-0.1, -0.05) is 63.2 Å². The average Bonchev–Trinajstić information content (AvgIpc) is 2.79. The van der Waals surface area contributed by atoms with E-state index in [4.69, 9.17) is 4.74 Å². The van der Waals surface area contributed by atoms with Crippen molar-refractivity contribution in [3.8, 4) is 5.75 Å². The van der Waals surface area contributed by atoms with Crippen LogP contribution in [0.3, 0.4) is 0 Å². The molecular weight excluding hydrogens is 376 g/mol. The first-order chi connectivity index (χ1) is 14.6. The number of hydrogen-bond acceptors (Lipinski definition) is 3. The lowest BCUT2D eigenvalue weighted by atomic mass is 10.1. The summed E-state index contributed by atoms with van der Waals surface area (Å²) in [6.45, 7) is 7.03. The van der Waals surface area contributed by atoms with E-state index >= 15 is 0 Å². The van der Waals surface area contributed by atoms with Gasteiger partial charge in [0.25, 0.3) is 5.91 Å². The van der Waals surface area contributed by atoms with Crippen molar-refractivity contribution in [3.05, 3.63) is 65.7 Å². The van der Waals surface area contributed by atoms with Gasteiger partial charge in [-0.15, -0.1) is 0 Å². The van der Waals surface area contributed by atoms with E-state index in [0.717, 1.165) is 18.4 Å². The topological polar surface area (TPSA) is 58.6 Å². The van der Waals surface area contributed by atoms with E-state index in [1.807, 2.05) is 68.4 Å². The van der Waals surface area contributed by atoms with Crippen LogP contribution in [-0.2, 0) is 22.4 Å². The Bertz CT molecular complexity index is 775. The van der Waals surface area contributed by atoms with Crippen molar-refractivity contribution in [1.29, 1.82) is 0 Å². The number of nitrogens with zero attached hydrogens (tertiary/aromatic N) is 1. The minimum Gasteiger partial charge on any atom is -0.484 e. The summed E-state index contributed by atoms with van der Waals surface area (Å²) in [5.41, 5.74) is 2.35. The molecule has 0 aromatic heterocycles. The second kappa shape index (κ2) is 12.7. The number of nitrogens with one attached hydrogen (secondary N) is 1. The van der Waals surface area contributed by atoms with Crippen LogP contribution in [0.5, 0.6) is 5.75 Å². The molecule has 0 saturated carbocycles. The molecule has 1 N–H and O–H groups in total. The summed E-state index contributed by atoms with van der Waals surface area (Å²) in [6, 6.07) is 17.3. The molecule has 0 heterocycles. The average molecular weight is 411 g/mol. The van der Waals surface area contributed by atoms with Crippen LogP contribution in [0.2, 0.25) is 0 Å². The molecule has 0 spiro atoms. The summed E-state index contributed by atoms with van der Waals surface area (Å²) in [5, 5.41) is 2.93. The van der Waals surface area contributed by atoms with E-state index in [-0.39, 0.29) is 18.4 Å². The van der Waals surface area contributed by atoms with E-state index in [2.05, 4.69) is 12.2 Å². The fraction of sp³-hybridized carbons (Fsp3) is 0.440. The number of rotatable bonds is 12. The molecular formula is C25H34N2O3. The maximum atomic E-state index is 13.1. The number of benzene rings is 2. The van der Waals surface area contributed by atoms with Gasteiger partial charge in [0.05, 0.1) is 0 Å². The van der Waals surface area contributed by atoms with E-state index in [9.17, 15) is 9.59 Å². The molecule has 0 saturated heterocycles. The minimum atomic E-state index is -0.501. The molecule has 2 aromatic rings. The van der Waals surface area contributed by atoms with Gasteiger partial charge in [-0.2, -0.15) is 0 Å². The Hall–Kier alpha value is -2.82. The highest BCUT2D eigenvalue weighted by molar-refractivity contribution is 5.88. The van der Waals surface area contributed by atoms with Crippen LogP contribution in [0.15, 0.2) is 54.6 Å². The second-order valence-electron chi connectivity index (χ2n) is 7.32. The monoisotopic (exact) mass is 410 g/mol. The van der Waals surface area contributed by atoms with Gasteiger partial charge in [-0.05, 0) is 48.9 Å². The number of carbonyl (C=O) groups excluding carboxylic acids is 2. The minimum absolute atomic E-state index is 0.0855. The Balaban J connectivity index is 2.08. The first-order valence-electron chi connectivity index (χ1n) is 10.9. The van der Waals surface area contributed by atoms with Crippen LogP contribution in [0.1, 0.15) is 44.7 Å². The third-order valence-electron chi connectivity index (χ3n) is 5.11. The Kier molecular flexibility index (Phi) is 9.92. The summed E-state index contributed by atoms with van der Waals surface area (Å²) in [5.74, 6) is 0.379. The fourth-order valence-corrected chi connectivity index (χ4v) is 3.31. The third-order valence-corrected chi connectivity index (χ3v) is 5.11. The molecule has 0 radical (unpaired) electrons. The molecule has 5 nitrogen and oxygen atoms in total. The van der Waals surface area contributed by atoms with Crippen molar-refractivity contribution in [3.63, 3.8) is 0 Å². The van der Waals surface area contributed by atoms with Crippen LogP contribution in [-0.4, -0.2) is 42.5 Å². The van der Waals surface area contributed by atoms with Gasteiger partial charge in [-0.3, -0.25) is 9.59 Å². The van der Waals surface area contributed by atoms with Gasteiger partial charge < -0.3 is 15.0 Å². The van der Waals surface area contributed by atoms with Crippen LogP contribution in [0.4, 0.5) is 0 Å². The zero-order chi connectivity index (χ0) is 21.8. The Morgan fingerprint density at radius 1 is 0.967 bits per heavy atom. The highest BCUT2D eigenvalue weighted by atomic mass is 16.5. The van der Waals surface area contributed by atoms with E-state index < -0.39 is 6.04 Å². The quantitative estimate of drug-likeness (QED) is 0.575. The Morgan fingerprint density at radius 2 is 1.67 bits per heavy atom. The van der Waals surface area contributed by atoms with Crippen molar-refractivity contribution in [2.45, 2.75) is 52.5 Å². The normalized spacial score (nSPS) is 11.6. The number of amides is 2. The molecule has 0 fully saturated rings. The summed E-state index contributed by atoms with van der Waals surface area (Å²) < 4.78 is 5.73. The fourth-order valence-electron chi connectivity index (χ4n) is 3.31. The molecule has 162 valence electrons. The van der Waals surface area contributed by atoms with Crippen molar-refractivity contribution in [2.75, 3.05) is 19.7 Å². The van der Waals surface area contributed by atoms with Crippen molar-refractivity contribution >= 4 is 11.8 Å². The van der Waals surface area contributed by atoms with E-state index in [1.54, 1.807) is 4.90 Å². The van der Waals surface area contributed by atoms with E-state index in [1.165, 1.54) is 5.56 Å². The molecule has 30 heavy (non-hydrogen) atoms. The molecule has 0 unspecified atom stereocenters. The first kappa shape index (κ1) is 23.5. The molecule has 0 aliphatic rings. The molecule has 1 atom stereocenters. The predicted octanol–water partition coefficient (Wildman–Crippen LogP) is 4.00. The van der Waals surface area contributed by atoms with Crippen LogP contribution in [0.25, 0.3) is 0 Å². The SMILES string of the molecule is CCCNC(=O)[C@H](CC)N(CCc1ccccc1)C(=O)COc1ccc(CC)cc1. The zero-order valence-electron chi connectivity index (χ0n) is 18.4. The molecule has 0 bridgehead atoms. The summed E-state index contributed by atoms with van der Waals surface area (Å²) in [4.78, 5) is 27.4. The zero-order valence-corrected chi connectivity index (χ0v) is 18.4. The van der Waals surface area contributed by atoms with E-state index in [0.29, 0.717) is 31.7 Å². The largest absolute Gasteiger partial charge is 0.484 e. The Morgan fingerprint density at radius 3 is 2.27 bits per heavy atom. The highest BCUT2D eigenvalue weighted by Gasteiger charge is 2.28. The Labute approximate surface area is 180 Å². The predicted molar refractivity (Wildman–Crippen MR) is 121 cm³/mol. The molecule has 0 aliphatic heterocycles.